The largest absolute Gasteiger partial charge is 1.00 e. The molecule has 0 aliphatic heterocycles. The fraction of sp³-hybridized carbons (Fsp3) is 0.316. The quantitative estimate of drug-likeness (QED) is 0.647. The summed E-state index contributed by atoms with van der Waals surface area (Å²) < 4.78 is 0. The number of para-hydroxylation sites is 1. The Bertz CT molecular complexity index is 647. The maximum absolute atomic E-state index is 13.0. The van der Waals surface area contributed by atoms with E-state index < -0.39 is 0 Å². The molecule has 0 aliphatic carbocycles. The molecule has 25 heavy (non-hydrogen) atoms. The molecule has 0 saturated carbocycles. The molecule has 1 amide bonds. The van der Waals surface area contributed by atoms with Crippen LogP contribution in [0.1, 0.15) is 16.8 Å². The molecule has 0 spiro atoms. The molecule has 0 atom stereocenters. The number of carbonyl (C=O) groups is 1. The highest BCUT2D eigenvalue weighted by molar-refractivity contribution is 6.30. The number of nitrogens with one attached hydrogen (secondary N) is 1. The Labute approximate surface area is 161 Å². The van der Waals surface area contributed by atoms with Gasteiger partial charge in [-0.1, -0.05) is 29.8 Å². The van der Waals surface area contributed by atoms with Gasteiger partial charge in [0.05, 0.1) is 26.3 Å². The first-order valence-electron chi connectivity index (χ1n) is 8.14. The van der Waals surface area contributed by atoms with Gasteiger partial charge in [-0.25, -0.2) is 5.01 Å². The molecule has 6 heteroatoms. The van der Waals surface area contributed by atoms with Crippen molar-refractivity contribution >= 4 is 23.2 Å². The normalized spacial score (nSPS) is 10.3. The second-order valence-electron chi connectivity index (χ2n) is 6.11. The zero-order valence-electron chi connectivity index (χ0n) is 14.9. The van der Waals surface area contributed by atoms with Crippen LogP contribution in [0.15, 0.2) is 54.6 Å². The van der Waals surface area contributed by atoms with E-state index in [2.05, 4.69) is 14.1 Å². The van der Waals surface area contributed by atoms with Gasteiger partial charge in [0.2, 0.25) is 0 Å². The van der Waals surface area contributed by atoms with Crippen LogP contribution >= 0.6 is 11.6 Å². The van der Waals surface area contributed by atoms with Crippen LogP contribution in [0.5, 0.6) is 0 Å². The number of amides is 1. The van der Waals surface area contributed by atoms with Crippen LogP contribution in [0.2, 0.25) is 5.02 Å². The average molecular weight is 382 g/mol. The molecule has 136 valence electrons. The standard InChI is InChI=1S/C19H24ClN3O.ClH/c1-21(2)14-7-15-23(22(3)18-8-5-4-6-9-18)19(24)16-10-12-17(20)13-11-16;/h4-6,8-13H,7,14-15H2,1-3H3;1H. The smallest absolute Gasteiger partial charge is 0.272 e. The van der Waals surface area contributed by atoms with E-state index >= 15 is 0 Å². The van der Waals surface area contributed by atoms with E-state index in [-0.39, 0.29) is 18.3 Å². The number of hydrogen-bond donors (Lipinski definition) is 1. The van der Waals surface area contributed by atoms with E-state index in [1.165, 1.54) is 4.90 Å². The molecule has 0 aliphatic rings. The minimum Gasteiger partial charge on any atom is -1.00 e. The van der Waals surface area contributed by atoms with Gasteiger partial charge in [-0.3, -0.25) is 9.80 Å². The van der Waals surface area contributed by atoms with Gasteiger partial charge in [-0.05, 0) is 36.4 Å². The average Bonchev–Trinajstić information content (AvgIpc) is 2.59. The molecule has 2 rings (SSSR count). The van der Waals surface area contributed by atoms with Crippen LogP contribution < -0.4 is 22.3 Å². The molecule has 2 aromatic carbocycles. The van der Waals surface area contributed by atoms with Crippen molar-refractivity contribution in [2.24, 2.45) is 0 Å². The lowest BCUT2D eigenvalue weighted by molar-refractivity contribution is -0.858. The second-order valence-corrected chi connectivity index (χ2v) is 6.54. The Morgan fingerprint density at radius 3 is 2.20 bits per heavy atom. The summed E-state index contributed by atoms with van der Waals surface area (Å²) in [4.78, 5) is 14.4. The Morgan fingerprint density at radius 1 is 1.04 bits per heavy atom. The van der Waals surface area contributed by atoms with Crippen molar-refractivity contribution in [1.82, 2.24) is 5.01 Å². The lowest BCUT2D eigenvalue weighted by Gasteiger charge is -2.33. The molecule has 4 nitrogen and oxygen atoms in total. The lowest BCUT2D eigenvalue weighted by Crippen LogP contribution is -3.05. The highest BCUT2D eigenvalue weighted by atomic mass is 35.5. The minimum absolute atomic E-state index is 0. The van der Waals surface area contributed by atoms with E-state index in [0.717, 1.165) is 18.7 Å². The third-order valence-corrected chi connectivity index (χ3v) is 4.12. The van der Waals surface area contributed by atoms with Gasteiger partial charge >= 0.3 is 0 Å². The number of carbonyl (C=O) groups excluding carboxylic acids is 1. The van der Waals surface area contributed by atoms with Crippen LogP contribution in [0, 0.1) is 0 Å². The molecule has 0 heterocycles. The third kappa shape index (κ3) is 6.24. The first kappa shape index (κ1) is 21.3. The first-order chi connectivity index (χ1) is 11.5. The molecule has 0 aromatic heterocycles. The van der Waals surface area contributed by atoms with Crippen LogP contribution in [-0.4, -0.2) is 45.1 Å². The lowest BCUT2D eigenvalue weighted by atomic mass is 10.2. The van der Waals surface area contributed by atoms with Crippen LogP contribution in [-0.2, 0) is 0 Å². The second kappa shape index (κ2) is 10.3. The van der Waals surface area contributed by atoms with Crippen molar-refractivity contribution in [1.29, 1.82) is 0 Å². The van der Waals surface area contributed by atoms with Crippen molar-refractivity contribution < 1.29 is 22.1 Å². The summed E-state index contributed by atoms with van der Waals surface area (Å²) in [6, 6.07) is 17.0. The molecular formula is C19H25Cl2N3O. The van der Waals surface area contributed by atoms with Crippen molar-refractivity contribution in [2.75, 3.05) is 39.2 Å². The van der Waals surface area contributed by atoms with Crippen molar-refractivity contribution in [2.45, 2.75) is 6.42 Å². The van der Waals surface area contributed by atoms with Crippen LogP contribution in [0.4, 0.5) is 5.69 Å². The molecule has 2 aromatic rings. The molecule has 0 fully saturated rings. The topological polar surface area (TPSA) is 28.0 Å². The van der Waals surface area contributed by atoms with E-state index in [9.17, 15) is 4.79 Å². The maximum Gasteiger partial charge on any atom is 0.272 e. The summed E-state index contributed by atoms with van der Waals surface area (Å²) >= 11 is 5.93. The van der Waals surface area contributed by atoms with Crippen molar-refractivity contribution in [3.63, 3.8) is 0 Å². The van der Waals surface area contributed by atoms with Gasteiger partial charge < -0.3 is 17.3 Å². The number of hydrazine groups is 1. The SMILES string of the molecule is CN(c1ccccc1)N(CCC[NH+](C)C)C(=O)c1ccc(Cl)cc1.[Cl-]. The minimum atomic E-state index is -0.0215. The molecule has 0 unspecified atom stereocenters. The number of benzene rings is 2. The molecule has 0 bridgehead atoms. The Kier molecular flexibility index (Phi) is 8.76. The summed E-state index contributed by atoms with van der Waals surface area (Å²) in [5, 5.41) is 4.34. The van der Waals surface area contributed by atoms with E-state index in [1.54, 1.807) is 29.3 Å². The van der Waals surface area contributed by atoms with E-state index in [1.807, 2.05) is 42.4 Å². The molecular weight excluding hydrogens is 357 g/mol. The molecule has 1 N–H and O–H groups in total. The van der Waals surface area contributed by atoms with Crippen LogP contribution in [0.3, 0.4) is 0 Å². The van der Waals surface area contributed by atoms with Crippen LogP contribution in [0.25, 0.3) is 0 Å². The van der Waals surface area contributed by atoms with Gasteiger partial charge in [0.15, 0.2) is 0 Å². The monoisotopic (exact) mass is 381 g/mol. The fourth-order valence-corrected chi connectivity index (χ4v) is 2.62. The Hall–Kier alpha value is -1.75. The van der Waals surface area contributed by atoms with E-state index in [4.69, 9.17) is 11.6 Å². The first-order valence-corrected chi connectivity index (χ1v) is 8.52. The van der Waals surface area contributed by atoms with Gasteiger partial charge in [-0.2, -0.15) is 0 Å². The summed E-state index contributed by atoms with van der Waals surface area (Å²) in [7, 11) is 6.16. The number of anilines is 1. The summed E-state index contributed by atoms with van der Waals surface area (Å²) in [5.41, 5.74) is 1.62. The van der Waals surface area contributed by atoms with Crippen molar-refractivity contribution in [3.8, 4) is 0 Å². The highest BCUT2D eigenvalue weighted by Gasteiger charge is 2.20. The van der Waals surface area contributed by atoms with Gasteiger partial charge in [0.1, 0.15) is 0 Å². The van der Waals surface area contributed by atoms with Gasteiger partial charge in [0.25, 0.3) is 5.91 Å². The highest BCUT2D eigenvalue weighted by Crippen LogP contribution is 2.18. The third-order valence-electron chi connectivity index (χ3n) is 3.86. The Morgan fingerprint density at radius 2 is 1.64 bits per heavy atom. The fourth-order valence-electron chi connectivity index (χ4n) is 2.49. The van der Waals surface area contributed by atoms with E-state index in [0.29, 0.717) is 17.1 Å². The number of rotatable bonds is 7. The van der Waals surface area contributed by atoms with Gasteiger partial charge in [0, 0.05) is 30.6 Å². The van der Waals surface area contributed by atoms with Gasteiger partial charge in [-0.15, -0.1) is 0 Å². The summed E-state index contributed by atoms with van der Waals surface area (Å²) in [6.07, 6.45) is 0.929. The van der Waals surface area contributed by atoms with Crippen molar-refractivity contribution in [3.05, 3.63) is 65.2 Å². The number of nitrogens with zero attached hydrogens (tertiary/aromatic N) is 2. The number of halogens is 2. The predicted octanol–water partition coefficient (Wildman–Crippen LogP) is -0.628. The molecule has 0 saturated heterocycles. The maximum atomic E-state index is 13.0. The molecule has 0 radical (unpaired) electrons. The zero-order chi connectivity index (χ0) is 17.5. The Balaban J connectivity index is 0.00000312. The summed E-state index contributed by atoms with van der Waals surface area (Å²) in [6.45, 7) is 1.67. The zero-order valence-corrected chi connectivity index (χ0v) is 16.4. The summed E-state index contributed by atoms with van der Waals surface area (Å²) in [5.74, 6) is -0.0215. The number of quaternary nitrogens is 1. The number of hydrogen-bond acceptors (Lipinski definition) is 2. The predicted molar refractivity (Wildman–Crippen MR) is 99.6 cm³/mol.